The van der Waals surface area contributed by atoms with Crippen LogP contribution in [0.25, 0.3) is 5.57 Å². The van der Waals surface area contributed by atoms with Crippen molar-refractivity contribution in [2.24, 2.45) is 0 Å². The molecule has 0 fully saturated rings. The molecule has 0 saturated carbocycles. The van der Waals surface area contributed by atoms with E-state index in [9.17, 15) is 9.59 Å². The van der Waals surface area contributed by atoms with E-state index in [2.05, 4.69) is 0 Å². The van der Waals surface area contributed by atoms with Crippen LogP contribution in [0.4, 0.5) is 5.69 Å². The van der Waals surface area contributed by atoms with Gasteiger partial charge in [0.1, 0.15) is 5.76 Å². The Balaban J connectivity index is 1.78. The third-order valence-corrected chi connectivity index (χ3v) is 5.79. The number of hydrogen-bond acceptors (Lipinski definition) is 4. The monoisotopic (exact) mass is 409 g/mol. The van der Waals surface area contributed by atoms with E-state index in [1.54, 1.807) is 30.5 Å². The number of rotatable bonds is 5. The number of hydrogen-bond donors (Lipinski definition) is 0. The Morgan fingerprint density at radius 3 is 2.50 bits per heavy atom. The lowest BCUT2D eigenvalue weighted by Crippen LogP contribution is -2.32. The van der Waals surface area contributed by atoms with E-state index >= 15 is 0 Å². The van der Waals surface area contributed by atoms with Gasteiger partial charge in [-0.3, -0.25) is 9.59 Å². The summed E-state index contributed by atoms with van der Waals surface area (Å²) < 4.78 is 5.37. The number of halogens is 1. The summed E-state index contributed by atoms with van der Waals surface area (Å²) in [7, 11) is 0. The summed E-state index contributed by atoms with van der Waals surface area (Å²) in [6.07, 6.45) is 1.59. The second-order valence-electron chi connectivity index (χ2n) is 6.31. The van der Waals surface area contributed by atoms with Gasteiger partial charge in [0.05, 0.1) is 28.2 Å². The summed E-state index contributed by atoms with van der Waals surface area (Å²) in [6.45, 7) is 1.85. The van der Waals surface area contributed by atoms with E-state index < -0.39 is 0 Å². The molecule has 4 nitrogen and oxygen atoms in total. The van der Waals surface area contributed by atoms with Crippen LogP contribution in [0.15, 0.2) is 76.2 Å². The van der Waals surface area contributed by atoms with E-state index in [0.29, 0.717) is 32.5 Å². The number of benzene rings is 2. The van der Waals surface area contributed by atoms with Crippen molar-refractivity contribution in [3.05, 3.63) is 93.7 Å². The smallest absolute Gasteiger partial charge is 0.272 e. The topological polar surface area (TPSA) is 50.5 Å². The molecule has 28 heavy (non-hydrogen) atoms. The summed E-state index contributed by atoms with van der Waals surface area (Å²) in [5.41, 5.74) is 2.42. The van der Waals surface area contributed by atoms with Gasteiger partial charge in [-0.15, -0.1) is 11.8 Å². The van der Waals surface area contributed by atoms with Crippen LogP contribution in [0.3, 0.4) is 0 Å². The number of carbonyl (C=O) groups is 2. The molecule has 140 valence electrons. The maximum absolute atomic E-state index is 13.3. The van der Waals surface area contributed by atoms with Crippen molar-refractivity contribution in [2.45, 2.75) is 12.7 Å². The lowest BCUT2D eigenvalue weighted by molar-refractivity contribution is -0.119. The molecular formula is C22H16ClNO3S. The molecule has 1 aliphatic rings. The maximum atomic E-state index is 13.3. The van der Waals surface area contributed by atoms with Crippen molar-refractivity contribution in [1.29, 1.82) is 0 Å². The molecule has 1 aromatic heterocycles. The number of amides is 2. The summed E-state index contributed by atoms with van der Waals surface area (Å²) in [5.74, 6) is 0.511. The minimum absolute atomic E-state index is 0.342. The van der Waals surface area contributed by atoms with Gasteiger partial charge in [-0.25, -0.2) is 4.90 Å². The van der Waals surface area contributed by atoms with E-state index in [-0.39, 0.29) is 11.8 Å². The van der Waals surface area contributed by atoms with Gasteiger partial charge in [-0.05, 0) is 42.3 Å². The molecule has 0 unspecified atom stereocenters. The first-order valence-electron chi connectivity index (χ1n) is 8.66. The Labute approximate surface area is 171 Å². The molecule has 0 atom stereocenters. The zero-order chi connectivity index (χ0) is 19.7. The Kier molecular flexibility index (Phi) is 5.11. The molecule has 2 aromatic carbocycles. The number of thioether (sulfide) groups is 1. The van der Waals surface area contributed by atoms with E-state index in [1.807, 2.05) is 43.3 Å². The predicted molar refractivity (Wildman–Crippen MR) is 112 cm³/mol. The lowest BCUT2D eigenvalue weighted by Gasteiger charge is -2.18. The lowest BCUT2D eigenvalue weighted by atomic mass is 10.1. The van der Waals surface area contributed by atoms with Crippen LogP contribution in [-0.2, 0) is 15.3 Å². The molecular weight excluding hydrogens is 394 g/mol. The van der Waals surface area contributed by atoms with E-state index in [0.717, 1.165) is 11.3 Å². The highest BCUT2D eigenvalue weighted by Gasteiger charge is 2.40. The Morgan fingerprint density at radius 2 is 1.79 bits per heavy atom. The molecule has 6 heteroatoms. The quantitative estimate of drug-likeness (QED) is 0.525. The van der Waals surface area contributed by atoms with Gasteiger partial charge in [0.2, 0.25) is 0 Å². The average molecular weight is 410 g/mol. The van der Waals surface area contributed by atoms with Crippen molar-refractivity contribution in [3.63, 3.8) is 0 Å². The molecule has 0 bridgehead atoms. The van der Waals surface area contributed by atoms with Gasteiger partial charge >= 0.3 is 0 Å². The highest BCUT2D eigenvalue weighted by molar-refractivity contribution is 8.03. The maximum Gasteiger partial charge on any atom is 0.272 e. The van der Waals surface area contributed by atoms with Gasteiger partial charge in [-0.2, -0.15) is 0 Å². The zero-order valence-corrected chi connectivity index (χ0v) is 16.6. The summed E-state index contributed by atoms with van der Waals surface area (Å²) >= 11 is 7.43. The number of imide groups is 1. The third-order valence-electron chi connectivity index (χ3n) is 4.45. The summed E-state index contributed by atoms with van der Waals surface area (Å²) in [4.78, 5) is 28.2. The number of nitrogens with zero attached hydrogens (tertiary/aromatic N) is 1. The molecule has 0 aliphatic carbocycles. The van der Waals surface area contributed by atoms with Crippen LogP contribution < -0.4 is 4.90 Å². The zero-order valence-electron chi connectivity index (χ0n) is 15.0. The first-order chi connectivity index (χ1) is 13.6. The Hall–Kier alpha value is -2.76. The average Bonchev–Trinajstić information content (AvgIpc) is 3.29. The SMILES string of the molecule is Cc1ccc(Cl)cc1N1C(=O)C(SCc2ccco2)=C(c2ccccc2)C1=O. The van der Waals surface area contributed by atoms with Gasteiger partial charge in [0.25, 0.3) is 11.8 Å². The normalized spacial score (nSPS) is 14.3. The number of aryl methyl sites for hydroxylation is 1. The highest BCUT2D eigenvalue weighted by atomic mass is 35.5. The second-order valence-corrected chi connectivity index (χ2v) is 7.74. The van der Waals surface area contributed by atoms with Crippen LogP contribution in [0.5, 0.6) is 0 Å². The first-order valence-corrected chi connectivity index (χ1v) is 10.0. The third kappa shape index (κ3) is 3.39. The largest absolute Gasteiger partial charge is 0.468 e. The van der Waals surface area contributed by atoms with E-state index in [1.165, 1.54) is 16.7 Å². The fourth-order valence-corrected chi connectivity index (χ4v) is 4.26. The van der Waals surface area contributed by atoms with Crippen molar-refractivity contribution in [2.75, 3.05) is 4.90 Å². The summed E-state index contributed by atoms with van der Waals surface area (Å²) in [5, 5.41) is 0.471. The van der Waals surface area contributed by atoms with Crippen molar-refractivity contribution in [3.8, 4) is 0 Å². The van der Waals surface area contributed by atoms with Crippen LogP contribution in [0.1, 0.15) is 16.9 Å². The molecule has 2 amide bonds. The number of carbonyl (C=O) groups excluding carboxylic acids is 2. The fraction of sp³-hybridized carbons (Fsp3) is 0.0909. The number of anilines is 1. The van der Waals surface area contributed by atoms with Gasteiger partial charge in [0.15, 0.2) is 0 Å². The Bertz CT molecular complexity index is 1070. The first kappa shape index (κ1) is 18.6. The van der Waals surface area contributed by atoms with Crippen LogP contribution in [0, 0.1) is 6.92 Å². The fourth-order valence-electron chi connectivity index (χ4n) is 3.08. The standard InChI is InChI=1S/C22H16ClNO3S/c1-14-9-10-16(23)12-18(14)24-21(25)19(15-6-3-2-4-7-15)20(22(24)26)28-13-17-8-5-11-27-17/h2-12H,13H2,1H3. The molecule has 4 rings (SSSR count). The number of furan rings is 1. The minimum atomic E-state index is -0.344. The molecule has 0 spiro atoms. The van der Waals surface area contributed by atoms with Gasteiger partial charge < -0.3 is 4.42 Å². The van der Waals surface area contributed by atoms with Crippen molar-refractivity contribution >= 4 is 46.4 Å². The van der Waals surface area contributed by atoms with Crippen LogP contribution in [-0.4, -0.2) is 11.8 Å². The molecule has 3 aromatic rings. The second kappa shape index (κ2) is 7.70. The van der Waals surface area contributed by atoms with Crippen LogP contribution in [0.2, 0.25) is 5.02 Å². The molecule has 1 aliphatic heterocycles. The van der Waals surface area contributed by atoms with E-state index in [4.69, 9.17) is 16.0 Å². The minimum Gasteiger partial charge on any atom is -0.468 e. The molecule has 0 N–H and O–H groups in total. The predicted octanol–water partition coefficient (Wildman–Crippen LogP) is 5.46. The van der Waals surface area contributed by atoms with Gasteiger partial charge in [-0.1, -0.05) is 48.0 Å². The summed E-state index contributed by atoms with van der Waals surface area (Å²) in [6, 6.07) is 18.1. The molecule has 0 radical (unpaired) electrons. The molecule has 2 heterocycles. The highest BCUT2D eigenvalue weighted by Crippen LogP contribution is 2.40. The van der Waals surface area contributed by atoms with Crippen molar-refractivity contribution < 1.29 is 14.0 Å². The van der Waals surface area contributed by atoms with Crippen molar-refractivity contribution in [1.82, 2.24) is 0 Å². The molecule has 0 saturated heterocycles. The van der Waals surface area contributed by atoms with Gasteiger partial charge in [0, 0.05) is 5.02 Å². The Morgan fingerprint density at radius 1 is 1.00 bits per heavy atom. The van der Waals surface area contributed by atoms with Crippen LogP contribution >= 0.6 is 23.4 Å².